The maximum Gasteiger partial charge on any atom is 0.253 e. The molecule has 1 amide bonds. The zero-order valence-electron chi connectivity index (χ0n) is 14.7. The highest BCUT2D eigenvalue weighted by molar-refractivity contribution is 6.07. The molecular weight excluding hydrogens is 300 g/mol. The Kier molecular flexibility index (Phi) is 4.18. The van der Waals surface area contributed by atoms with E-state index in [-0.39, 0.29) is 17.4 Å². The van der Waals surface area contributed by atoms with E-state index >= 15 is 0 Å². The molecule has 1 N–H and O–H groups in total. The minimum Gasteiger partial charge on any atom is -0.350 e. The molecule has 1 atom stereocenters. The highest BCUT2D eigenvalue weighted by Crippen LogP contribution is 2.24. The van der Waals surface area contributed by atoms with Gasteiger partial charge in [-0.2, -0.15) is 0 Å². The number of amides is 1. The van der Waals surface area contributed by atoms with Crippen LogP contribution in [0.5, 0.6) is 0 Å². The second kappa shape index (κ2) is 6.15. The summed E-state index contributed by atoms with van der Waals surface area (Å²) < 4.78 is 3.99. The molecule has 0 spiro atoms. The van der Waals surface area contributed by atoms with Crippen molar-refractivity contribution in [2.45, 2.75) is 33.4 Å². The number of nitrogens with zero attached hydrogens (tertiary/aromatic N) is 3. The van der Waals surface area contributed by atoms with Crippen molar-refractivity contribution in [2.24, 2.45) is 12.5 Å². The normalized spacial score (nSPS) is 13.2. The molecule has 2 heterocycles. The van der Waals surface area contributed by atoms with Gasteiger partial charge in [-0.25, -0.2) is 4.98 Å². The maximum absolute atomic E-state index is 12.9. The number of hydrogen-bond acceptors (Lipinski definition) is 2. The van der Waals surface area contributed by atoms with Crippen LogP contribution in [0, 0.1) is 5.41 Å². The standard InChI is InChI=1S/C19H24N4O/c1-19(2,3)17(12-23-10-9-20-13-23)21-18(24)15-11-22(4)16-8-6-5-7-14(15)16/h5-11,13,17H,12H2,1-4H3,(H,21,24)/t17-/m1/s1. The molecule has 0 saturated carbocycles. The number of nitrogens with one attached hydrogen (secondary N) is 1. The molecule has 0 saturated heterocycles. The molecule has 0 unspecified atom stereocenters. The molecule has 0 aliphatic carbocycles. The summed E-state index contributed by atoms with van der Waals surface area (Å²) in [5, 5.41) is 4.20. The van der Waals surface area contributed by atoms with E-state index in [1.807, 2.05) is 52.8 Å². The number of benzene rings is 1. The number of hydrogen-bond donors (Lipinski definition) is 1. The lowest BCUT2D eigenvalue weighted by Gasteiger charge is -2.31. The second-order valence-corrected chi connectivity index (χ2v) is 7.32. The molecule has 24 heavy (non-hydrogen) atoms. The third kappa shape index (κ3) is 3.20. The Bertz CT molecular complexity index is 840. The fourth-order valence-corrected chi connectivity index (χ4v) is 2.90. The molecule has 0 fully saturated rings. The summed E-state index contributed by atoms with van der Waals surface area (Å²) in [6.45, 7) is 7.11. The van der Waals surface area contributed by atoms with Crippen molar-refractivity contribution in [2.75, 3.05) is 0 Å². The van der Waals surface area contributed by atoms with E-state index in [0.29, 0.717) is 12.1 Å². The number of imidazole rings is 1. The molecule has 0 radical (unpaired) electrons. The van der Waals surface area contributed by atoms with Crippen molar-refractivity contribution in [3.05, 3.63) is 54.7 Å². The van der Waals surface area contributed by atoms with E-state index < -0.39 is 0 Å². The Balaban J connectivity index is 1.87. The van der Waals surface area contributed by atoms with Gasteiger partial charge in [-0.1, -0.05) is 39.0 Å². The van der Waals surface area contributed by atoms with Crippen LogP contribution in [0.4, 0.5) is 0 Å². The van der Waals surface area contributed by atoms with Crippen LogP contribution in [0.1, 0.15) is 31.1 Å². The maximum atomic E-state index is 12.9. The summed E-state index contributed by atoms with van der Waals surface area (Å²) in [6, 6.07) is 7.97. The lowest BCUT2D eigenvalue weighted by atomic mass is 9.86. The molecule has 0 aliphatic rings. The van der Waals surface area contributed by atoms with Crippen LogP contribution in [-0.4, -0.2) is 26.1 Å². The molecule has 5 nitrogen and oxygen atoms in total. The van der Waals surface area contributed by atoms with E-state index in [1.165, 1.54) is 0 Å². The summed E-state index contributed by atoms with van der Waals surface area (Å²) in [6.07, 6.45) is 7.36. The van der Waals surface area contributed by atoms with Crippen molar-refractivity contribution in [1.82, 2.24) is 19.4 Å². The fraction of sp³-hybridized carbons (Fsp3) is 0.368. The molecule has 3 aromatic rings. The third-order valence-electron chi connectivity index (χ3n) is 4.44. The third-order valence-corrected chi connectivity index (χ3v) is 4.44. The quantitative estimate of drug-likeness (QED) is 0.801. The largest absolute Gasteiger partial charge is 0.350 e. The SMILES string of the molecule is Cn1cc(C(=O)N[C@H](Cn2ccnc2)C(C)(C)C)c2ccccc21. The molecule has 2 aromatic heterocycles. The van der Waals surface area contributed by atoms with E-state index in [4.69, 9.17) is 0 Å². The zero-order valence-corrected chi connectivity index (χ0v) is 14.7. The van der Waals surface area contributed by atoms with Crippen molar-refractivity contribution < 1.29 is 4.79 Å². The lowest BCUT2D eigenvalue weighted by Crippen LogP contribution is -2.46. The average Bonchev–Trinajstić information content (AvgIpc) is 3.14. The van der Waals surface area contributed by atoms with Gasteiger partial charge < -0.3 is 14.5 Å². The topological polar surface area (TPSA) is 51.9 Å². The monoisotopic (exact) mass is 324 g/mol. The summed E-state index contributed by atoms with van der Waals surface area (Å²) in [5.74, 6) is -0.0353. The first-order valence-electron chi connectivity index (χ1n) is 8.17. The van der Waals surface area contributed by atoms with Crippen LogP contribution in [0.2, 0.25) is 0 Å². The van der Waals surface area contributed by atoms with Gasteiger partial charge in [0, 0.05) is 43.1 Å². The van der Waals surface area contributed by atoms with Gasteiger partial charge in [0.05, 0.1) is 17.9 Å². The predicted octanol–water partition coefficient (Wildman–Crippen LogP) is 3.22. The molecule has 3 rings (SSSR count). The van der Waals surface area contributed by atoms with Gasteiger partial charge >= 0.3 is 0 Å². The minimum atomic E-state index is -0.0650. The average molecular weight is 324 g/mol. The van der Waals surface area contributed by atoms with E-state index in [2.05, 4.69) is 31.1 Å². The number of fused-ring (bicyclic) bond motifs is 1. The van der Waals surface area contributed by atoms with Crippen LogP contribution in [0.15, 0.2) is 49.2 Å². The van der Waals surface area contributed by atoms with Crippen molar-refractivity contribution in [3.8, 4) is 0 Å². The van der Waals surface area contributed by atoms with Crippen LogP contribution >= 0.6 is 0 Å². The molecular formula is C19H24N4O. The number of aryl methyl sites for hydroxylation is 1. The fourth-order valence-electron chi connectivity index (χ4n) is 2.90. The van der Waals surface area contributed by atoms with Crippen LogP contribution in [0.25, 0.3) is 10.9 Å². The zero-order chi connectivity index (χ0) is 17.3. The highest BCUT2D eigenvalue weighted by Gasteiger charge is 2.27. The number of aromatic nitrogens is 3. The van der Waals surface area contributed by atoms with Crippen LogP contribution in [-0.2, 0) is 13.6 Å². The first kappa shape index (κ1) is 16.3. The summed E-state index contributed by atoms with van der Waals surface area (Å²) in [5.41, 5.74) is 1.71. The Labute approximate surface area is 142 Å². The number of carbonyl (C=O) groups is 1. The van der Waals surface area contributed by atoms with Crippen molar-refractivity contribution >= 4 is 16.8 Å². The predicted molar refractivity (Wildman–Crippen MR) is 95.9 cm³/mol. The van der Waals surface area contributed by atoms with Gasteiger partial charge in [-0.3, -0.25) is 4.79 Å². The lowest BCUT2D eigenvalue weighted by molar-refractivity contribution is 0.0894. The van der Waals surface area contributed by atoms with Gasteiger partial charge in [0.2, 0.25) is 0 Å². The summed E-state index contributed by atoms with van der Waals surface area (Å²) >= 11 is 0. The number of para-hydroxylation sites is 1. The Morgan fingerprint density at radius 3 is 2.71 bits per heavy atom. The van der Waals surface area contributed by atoms with Gasteiger partial charge in [-0.05, 0) is 11.5 Å². The number of carbonyl (C=O) groups excluding carboxylic acids is 1. The first-order chi connectivity index (χ1) is 11.4. The summed E-state index contributed by atoms with van der Waals surface area (Å²) in [4.78, 5) is 17.0. The molecule has 0 aliphatic heterocycles. The van der Waals surface area contributed by atoms with Gasteiger partial charge in [-0.15, -0.1) is 0 Å². The van der Waals surface area contributed by atoms with Crippen LogP contribution in [0.3, 0.4) is 0 Å². The van der Waals surface area contributed by atoms with Gasteiger partial charge in [0.15, 0.2) is 0 Å². The molecule has 1 aromatic carbocycles. The summed E-state index contributed by atoms with van der Waals surface area (Å²) in [7, 11) is 1.96. The van der Waals surface area contributed by atoms with E-state index in [0.717, 1.165) is 10.9 Å². The Hall–Kier alpha value is -2.56. The van der Waals surface area contributed by atoms with Crippen LogP contribution < -0.4 is 5.32 Å². The number of rotatable bonds is 4. The smallest absolute Gasteiger partial charge is 0.253 e. The molecule has 5 heteroatoms. The van der Waals surface area contributed by atoms with Crippen molar-refractivity contribution in [1.29, 1.82) is 0 Å². The Morgan fingerprint density at radius 1 is 1.29 bits per heavy atom. The second-order valence-electron chi connectivity index (χ2n) is 7.32. The highest BCUT2D eigenvalue weighted by atomic mass is 16.1. The van der Waals surface area contributed by atoms with Crippen molar-refractivity contribution in [3.63, 3.8) is 0 Å². The molecule has 0 bridgehead atoms. The van der Waals surface area contributed by atoms with E-state index in [9.17, 15) is 4.79 Å². The first-order valence-corrected chi connectivity index (χ1v) is 8.17. The molecule has 126 valence electrons. The van der Waals surface area contributed by atoms with E-state index in [1.54, 1.807) is 12.5 Å². The van der Waals surface area contributed by atoms with Gasteiger partial charge in [0.1, 0.15) is 0 Å². The van der Waals surface area contributed by atoms with Gasteiger partial charge in [0.25, 0.3) is 5.91 Å². The minimum absolute atomic E-state index is 0.00170. The Morgan fingerprint density at radius 2 is 2.04 bits per heavy atom.